The maximum atomic E-state index is 12.3. The molecule has 8 heteroatoms. The second-order valence-corrected chi connectivity index (χ2v) is 6.49. The first-order valence-corrected chi connectivity index (χ1v) is 8.48. The maximum absolute atomic E-state index is 12.3. The molecule has 7 nitrogen and oxygen atoms in total. The smallest absolute Gasteiger partial charge is 0.237 e. The van der Waals surface area contributed by atoms with E-state index < -0.39 is 0 Å². The molecule has 1 atom stereocenters. The van der Waals surface area contributed by atoms with Crippen LogP contribution < -0.4 is 10.1 Å². The highest BCUT2D eigenvalue weighted by atomic mass is 32.2. The van der Waals surface area contributed by atoms with E-state index in [1.54, 1.807) is 43.8 Å². The van der Waals surface area contributed by atoms with Gasteiger partial charge in [0.15, 0.2) is 5.82 Å². The maximum Gasteiger partial charge on any atom is 0.237 e. The molecule has 0 saturated heterocycles. The Hall–Kier alpha value is -2.87. The monoisotopic (exact) mass is 355 g/mol. The molecule has 3 aromatic rings. The lowest BCUT2D eigenvalue weighted by molar-refractivity contribution is -0.115. The fourth-order valence-electron chi connectivity index (χ4n) is 2.07. The largest absolute Gasteiger partial charge is 0.497 e. The lowest BCUT2D eigenvalue weighted by Gasteiger charge is -2.10. The Morgan fingerprint density at radius 3 is 2.60 bits per heavy atom. The molecule has 0 unspecified atom stereocenters. The third-order valence-electron chi connectivity index (χ3n) is 3.43. The van der Waals surface area contributed by atoms with E-state index in [0.29, 0.717) is 16.7 Å². The Labute approximate surface area is 149 Å². The summed E-state index contributed by atoms with van der Waals surface area (Å²) in [7, 11) is 1.60. The lowest BCUT2D eigenvalue weighted by atomic mass is 10.3. The van der Waals surface area contributed by atoms with Crippen LogP contribution in [0.4, 0.5) is 5.69 Å². The molecule has 0 fully saturated rings. The molecular weight excluding hydrogens is 338 g/mol. The normalized spacial score (nSPS) is 11.8. The molecule has 0 spiro atoms. The van der Waals surface area contributed by atoms with Crippen molar-refractivity contribution < 1.29 is 9.53 Å². The van der Waals surface area contributed by atoms with Crippen molar-refractivity contribution in [2.24, 2.45) is 0 Å². The molecule has 128 valence electrons. The first-order chi connectivity index (χ1) is 12.2. The molecule has 0 aliphatic carbocycles. The zero-order valence-electron chi connectivity index (χ0n) is 13.8. The predicted molar refractivity (Wildman–Crippen MR) is 96.6 cm³/mol. The molecule has 0 radical (unpaired) electrons. The minimum atomic E-state index is -0.344. The van der Waals surface area contributed by atoms with Crippen LogP contribution in [0.3, 0.4) is 0 Å². The van der Waals surface area contributed by atoms with Gasteiger partial charge in [0.2, 0.25) is 11.1 Å². The molecule has 0 bridgehead atoms. The number of thioether (sulfide) groups is 1. The molecule has 1 aromatic carbocycles. The van der Waals surface area contributed by atoms with Crippen molar-refractivity contribution >= 4 is 23.4 Å². The topological polar surface area (TPSA) is 92.8 Å². The molecule has 2 N–H and O–H groups in total. The summed E-state index contributed by atoms with van der Waals surface area (Å²) < 4.78 is 5.10. The molecule has 1 amide bonds. The zero-order valence-corrected chi connectivity index (χ0v) is 14.6. The lowest BCUT2D eigenvalue weighted by Crippen LogP contribution is -2.22. The summed E-state index contributed by atoms with van der Waals surface area (Å²) in [5.74, 6) is 1.27. The van der Waals surface area contributed by atoms with Gasteiger partial charge in [0.1, 0.15) is 5.75 Å². The Balaban J connectivity index is 1.60. The van der Waals surface area contributed by atoms with Crippen LogP contribution in [0.5, 0.6) is 5.75 Å². The van der Waals surface area contributed by atoms with E-state index in [0.717, 1.165) is 11.3 Å². The summed E-state index contributed by atoms with van der Waals surface area (Å²) in [5.41, 5.74) is 1.61. The Kier molecular flexibility index (Phi) is 5.30. The van der Waals surface area contributed by atoms with Gasteiger partial charge in [-0.1, -0.05) is 11.8 Å². The number of hydrogen-bond donors (Lipinski definition) is 2. The highest BCUT2D eigenvalue weighted by Gasteiger charge is 2.17. The molecule has 2 aromatic heterocycles. The Bertz CT molecular complexity index is 836. The minimum absolute atomic E-state index is 0.120. The number of aromatic nitrogens is 4. The Morgan fingerprint density at radius 1 is 1.20 bits per heavy atom. The average Bonchev–Trinajstić information content (AvgIpc) is 3.11. The van der Waals surface area contributed by atoms with Crippen LogP contribution in [-0.2, 0) is 4.79 Å². The number of H-pyrrole nitrogens is 1. The highest BCUT2D eigenvalue weighted by molar-refractivity contribution is 8.00. The van der Waals surface area contributed by atoms with Gasteiger partial charge in [0.25, 0.3) is 0 Å². The minimum Gasteiger partial charge on any atom is -0.497 e. The summed E-state index contributed by atoms with van der Waals surface area (Å²) in [6.45, 7) is 1.81. The molecule has 25 heavy (non-hydrogen) atoms. The number of amides is 1. The van der Waals surface area contributed by atoms with Crippen LogP contribution in [0.2, 0.25) is 0 Å². The third kappa shape index (κ3) is 4.36. The molecule has 3 rings (SSSR count). The van der Waals surface area contributed by atoms with Gasteiger partial charge in [0.05, 0.1) is 12.4 Å². The molecule has 0 aliphatic rings. The zero-order chi connectivity index (χ0) is 17.6. The Morgan fingerprint density at radius 2 is 1.92 bits per heavy atom. The van der Waals surface area contributed by atoms with E-state index in [-0.39, 0.29) is 11.2 Å². The van der Waals surface area contributed by atoms with Crippen molar-refractivity contribution in [1.82, 2.24) is 20.2 Å². The number of methoxy groups -OCH3 is 1. The van der Waals surface area contributed by atoms with Crippen LogP contribution >= 0.6 is 11.8 Å². The highest BCUT2D eigenvalue weighted by Crippen LogP contribution is 2.23. The van der Waals surface area contributed by atoms with Gasteiger partial charge in [-0.15, -0.1) is 5.10 Å². The number of hydrogen-bond acceptors (Lipinski definition) is 6. The van der Waals surface area contributed by atoms with Crippen LogP contribution in [0, 0.1) is 0 Å². The number of carbonyl (C=O) groups is 1. The van der Waals surface area contributed by atoms with Crippen molar-refractivity contribution in [3.63, 3.8) is 0 Å². The molecular formula is C17H17N5O2S. The number of benzene rings is 1. The second kappa shape index (κ2) is 7.80. The number of rotatable bonds is 6. The summed E-state index contributed by atoms with van der Waals surface area (Å²) in [6.07, 6.45) is 3.38. The van der Waals surface area contributed by atoms with E-state index in [9.17, 15) is 4.79 Å². The number of anilines is 1. The molecule has 2 heterocycles. The summed E-state index contributed by atoms with van der Waals surface area (Å²) >= 11 is 1.29. The van der Waals surface area contributed by atoms with Crippen LogP contribution in [0.15, 0.2) is 53.9 Å². The number of pyridine rings is 1. The molecule has 0 saturated carbocycles. The predicted octanol–water partition coefficient (Wildman–Crippen LogP) is 2.99. The average molecular weight is 355 g/mol. The van der Waals surface area contributed by atoms with E-state index in [4.69, 9.17) is 4.74 Å². The standard InChI is InChI=1S/C17H17N5O2S/c1-11(16(23)19-13-3-5-14(24-2)6-4-13)25-17-20-15(21-22-17)12-7-9-18-10-8-12/h3-11H,1-2H3,(H,19,23)(H,20,21,22)/t11-/m1/s1. The third-order valence-corrected chi connectivity index (χ3v) is 4.39. The van der Waals surface area contributed by atoms with Gasteiger partial charge in [-0.3, -0.25) is 14.9 Å². The van der Waals surface area contributed by atoms with Crippen molar-refractivity contribution in [3.05, 3.63) is 48.8 Å². The van der Waals surface area contributed by atoms with Gasteiger partial charge in [-0.05, 0) is 43.3 Å². The van der Waals surface area contributed by atoms with Crippen molar-refractivity contribution in [1.29, 1.82) is 0 Å². The van der Waals surface area contributed by atoms with Crippen molar-refractivity contribution in [2.45, 2.75) is 17.3 Å². The first kappa shape index (κ1) is 17.0. The quantitative estimate of drug-likeness (QED) is 0.660. The number of nitrogens with one attached hydrogen (secondary N) is 2. The fraction of sp³-hybridized carbons (Fsp3) is 0.176. The van der Waals surface area contributed by atoms with Crippen LogP contribution in [-0.4, -0.2) is 38.4 Å². The number of ether oxygens (including phenoxy) is 1. The SMILES string of the molecule is COc1ccc(NC(=O)[C@@H](C)Sc2n[nH]c(-c3ccncc3)n2)cc1. The van der Waals surface area contributed by atoms with Gasteiger partial charge < -0.3 is 10.1 Å². The van der Waals surface area contributed by atoms with E-state index in [2.05, 4.69) is 25.5 Å². The van der Waals surface area contributed by atoms with Crippen molar-refractivity contribution in [2.75, 3.05) is 12.4 Å². The number of aromatic amines is 1. The van der Waals surface area contributed by atoms with Gasteiger partial charge in [-0.2, -0.15) is 0 Å². The number of nitrogens with zero attached hydrogens (tertiary/aromatic N) is 3. The second-order valence-electron chi connectivity index (χ2n) is 5.18. The van der Waals surface area contributed by atoms with E-state index in [1.165, 1.54) is 11.8 Å². The van der Waals surface area contributed by atoms with E-state index >= 15 is 0 Å². The van der Waals surface area contributed by atoms with Gasteiger partial charge in [-0.25, -0.2) is 4.98 Å². The van der Waals surface area contributed by atoms with Gasteiger partial charge >= 0.3 is 0 Å². The summed E-state index contributed by atoms with van der Waals surface area (Å²) in [4.78, 5) is 20.7. The first-order valence-electron chi connectivity index (χ1n) is 7.60. The van der Waals surface area contributed by atoms with E-state index in [1.807, 2.05) is 19.1 Å². The fourth-order valence-corrected chi connectivity index (χ4v) is 2.79. The van der Waals surface area contributed by atoms with Crippen LogP contribution in [0.25, 0.3) is 11.4 Å². The van der Waals surface area contributed by atoms with Gasteiger partial charge in [0, 0.05) is 23.6 Å². The summed E-state index contributed by atoms with van der Waals surface area (Å²) in [6, 6.07) is 10.9. The van der Waals surface area contributed by atoms with Crippen LogP contribution in [0.1, 0.15) is 6.92 Å². The van der Waals surface area contributed by atoms with Crippen molar-refractivity contribution in [3.8, 4) is 17.1 Å². The molecule has 0 aliphatic heterocycles. The summed E-state index contributed by atoms with van der Waals surface area (Å²) in [5, 5.41) is 10.1. The number of carbonyl (C=O) groups excluding carboxylic acids is 1.